The Kier molecular flexibility index (Phi) is 6.18. The monoisotopic (exact) mass is 368 g/mol. The van der Waals surface area contributed by atoms with Crippen LogP contribution >= 0.6 is 0 Å². The standard InChI is InChI=1S/C17H24N2O5S/c1-12-4-6-15(7-5-12)25(22,23)19-10-8-14(9-11-19)16(20)18-13(2)17(21)24-3/h4-7,13-14H,8-11H2,1-3H3,(H,18,20)/t13-/m0/s1. The molecule has 0 spiro atoms. The third-order valence-electron chi connectivity index (χ3n) is 4.40. The predicted octanol–water partition coefficient (Wildman–Crippen LogP) is 1.07. The van der Waals surface area contributed by atoms with Crippen molar-refractivity contribution in [3.8, 4) is 0 Å². The van der Waals surface area contributed by atoms with Gasteiger partial charge in [0.05, 0.1) is 12.0 Å². The van der Waals surface area contributed by atoms with Gasteiger partial charge in [-0.2, -0.15) is 4.31 Å². The van der Waals surface area contributed by atoms with Crippen molar-refractivity contribution in [1.82, 2.24) is 9.62 Å². The fourth-order valence-electron chi connectivity index (χ4n) is 2.78. The molecule has 1 aromatic carbocycles. The number of hydrogen-bond acceptors (Lipinski definition) is 5. The number of sulfonamides is 1. The SMILES string of the molecule is COC(=O)[C@H](C)NC(=O)C1CCN(S(=O)(=O)c2ccc(C)cc2)CC1. The number of esters is 1. The summed E-state index contributed by atoms with van der Waals surface area (Å²) >= 11 is 0. The Hall–Kier alpha value is -1.93. The van der Waals surface area contributed by atoms with E-state index in [1.54, 1.807) is 31.2 Å². The van der Waals surface area contributed by atoms with Gasteiger partial charge in [0.15, 0.2) is 0 Å². The highest BCUT2D eigenvalue weighted by Gasteiger charge is 2.32. The molecule has 0 radical (unpaired) electrons. The molecule has 0 unspecified atom stereocenters. The zero-order chi connectivity index (χ0) is 18.6. The predicted molar refractivity (Wildman–Crippen MR) is 92.3 cm³/mol. The molecule has 2 rings (SSSR count). The van der Waals surface area contributed by atoms with Gasteiger partial charge in [0.25, 0.3) is 0 Å². The Labute approximate surface area is 148 Å². The maximum atomic E-state index is 12.6. The van der Waals surface area contributed by atoms with Crippen LogP contribution in [0.3, 0.4) is 0 Å². The van der Waals surface area contributed by atoms with E-state index in [2.05, 4.69) is 10.1 Å². The van der Waals surface area contributed by atoms with E-state index in [4.69, 9.17) is 0 Å². The molecule has 1 aromatic rings. The average Bonchev–Trinajstić information content (AvgIpc) is 2.61. The summed E-state index contributed by atoms with van der Waals surface area (Å²) in [6.45, 7) is 4.01. The summed E-state index contributed by atoms with van der Waals surface area (Å²) < 4.78 is 31.3. The maximum Gasteiger partial charge on any atom is 0.328 e. The van der Waals surface area contributed by atoms with Gasteiger partial charge in [0.1, 0.15) is 6.04 Å². The van der Waals surface area contributed by atoms with Crippen LogP contribution in [0.1, 0.15) is 25.3 Å². The first-order chi connectivity index (χ1) is 11.8. The van der Waals surface area contributed by atoms with Crippen LogP contribution in [0.15, 0.2) is 29.2 Å². The Morgan fingerprint density at radius 3 is 2.28 bits per heavy atom. The van der Waals surface area contributed by atoms with E-state index in [9.17, 15) is 18.0 Å². The van der Waals surface area contributed by atoms with Crippen LogP contribution < -0.4 is 5.32 Å². The number of rotatable bonds is 5. The van der Waals surface area contributed by atoms with E-state index in [-0.39, 0.29) is 29.8 Å². The largest absolute Gasteiger partial charge is 0.467 e. The van der Waals surface area contributed by atoms with Crippen molar-refractivity contribution in [2.75, 3.05) is 20.2 Å². The van der Waals surface area contributed by atoms with Crippen molar-refractivity contribution < 1.29 is 22.7 Å². The highest BCUT2D eigenvalue weighted by molar-refractivity contribution is 7.89. The summed E-state index contributed by atoms with van der Waals surface area (Å²) in [5.41, 5.74) is 0.994. The van der Waals surface area contributed by atoms with Gasteiger partial charge in [-0.1, -0.05) is 17.7 Å². The minimum absolute atomic E-state index is 0.245. The number of carbonyl (C=O) groups excluding carboxylic acids is 2. The average molecular weight is 368 g/mol. The molecule has 7 nitrogen and oxygen atoms in total. The molecule has 1 saturated heterocycles. The van der Waals surface area contributed by atoms with Gasteiger partial charge < -0.3 is 10.1 Å². The van der Waals surface area contributed by atoms with Crippen molar-refractivity contribution in [2.45, 2.75) is 37.6 Å². The minimum Gasteiger partial charge on any atom is -0.467 e. The molecular weight excluding hydrogens is 344 g/mol. The first-order valence-corrected chi connectivity index (χ1v) is 9.64. The Bertz CT molecular complexity index is 722. The molecule has 1 aliphatic heterocycles. The molecule has 1 heterocycles. The molecule has 1 atom stereocenters. The molecule has 1 fully saturated rings. The van der Waals surface area contributed by atoms with Crippen molar-refractivity contribution >= 4 is 21.9 Å². The number of piperidine rings is 1. The molecule has 1 amide bonds. The summed E-state index contributed by atoms with van der Waals surface area (Å²) in [6, 6.07) is 6.01. The lowest BCUT2D eigenvalue weighted by atomic mass is 9.97. The summed E-state index contributed by atoms with van der Waals surface area (Å²) in [5, 5.41) is 2.61. The highest BCUT2D eigenvalue weighted by atomic mass is 32.2. The van der Waals surface area contributed by atoms with Crippen molar-refractivity contribution in [3.05, 3.63) is 29.8 Å². The third kappa shape index (κ3) is 4.58. The van der Waals surface area contributed by atoms with Gasteiger partial charge in [0, 0.05) is 19.0 Å². The van der Waals surface area contributed by atoms with E-state index in [1.165, 1.54) is 11.4 Å². The lowest BCUT2D eigenvalue weighted by Gasteiger charge is -2.31. The van der Waals surface area contributed by atoms with Crippen LogP contribution in [0.5, 0.6) is 0 Å². The van der Waals surface area contributed by atoms with Gasteiger partial charge in [0.2, 0.25) is 15.9 Å². The second kappa shape index (κ2) is 7.97. The fourth-order valence-corrected chi connectivity index (χ4v) is 4.25. The topological polar surface area (TPSA) is 92.8 Å². The molecule has 0 bridgehead atoms. The number of benzene rings is 1. The van der Waals surface area contributed by atoms with Crippen molar-refractivity contribution in [1.29, 1.82) is 0 Å². The number of hydrogen-bond donors (Lipinski definition) is 1. The van der Waals surface area contributed by atoms with Crippen LogP contribution in [0.4, 0.5) is 0 Å². The molecular formula is C17H24N2O5S. The smallest absolute Gasteiger partial charge is 0.328 e. The molecule has 0 aliphatic carbocycles. The van der Waals surface area contributed by atoms with E-state index in [0.717, 1.165) is 5.56 Å². The van der Waals surface area contributed by atoms with Gasteiger partial charge in [-0.05, 0) is 38.8 Å². The third-order valence-corrected chi connectivity index (χ3v) is 6.31. The van der Waals surface area contributed by atoms with E-state index in [0.29, 0.717) is 12.8 Å². The van der Waals surface area contributed by atoms with Gasteiger partial charge in [-0.25, -0.2) is 13.2 Å². The normalized spacial score (nSPS) is 17.7. The van der Waals surface area contributed by atoms with Crippen LogP contribution in [-0.4, -0.2) is 50.8 Å². The summed E-state index contributed by atoms with van der Waals surface area (Å²) in [7, 11) is -2.28. The number of carbonyl (C=O) groups is 2. The van der Waals surface area contributed by atoms with Crippen LogP contribution in [0.2, 0.25) is 0 Å². The van der Waals surface area contributed by atoms with Crippen molar-refractivity contribution in [2.24, 2.45) is 5.92 Å². The van der Waals surface area contributed by atoms with Crippen LogP contribution in [0, 0.1) is 12.8 Å². The molecule has 0 saturated carbocycles. The van der Waals surface area contributed by atoms with Crippen LogP contribution in [0.25, 0.3) is 0 Å². The summed E-state index contributed by atoms with van der Waals surface area (Å²) in [4.78, 5) is 23.8. The molecule has 25 heavy (non-hydrogen) atoms. The number of amides is 1. The number of ether oxygens (including phenoxy) is 1. The van der Waals surface area contributed by atoms with E-state index in [1.807, 2.05) is 6.92 Å². The number of nitrogens with one attached hydrogen (secondary N) is 1. The van der Waals surface area contributed by atoms with Gasteiger partial charge >= 0.3 is 5.97 Å². The fraction of sp³-hybridized carbons (Fsp3) is 0.529. The Morgan fingerprint density at radius 2 is 1.76 bits per heavy atom. The first-order valence-electron chi connectivity index (χ1n) is 8.20. The second-order valence-electron chi connectivity index (χ2n) is 6.24. The zero-order valence-electron chi connectivity index (χ0n) is 14.7. The maximum absolute atomic E-state index is 12.6. The zero-order valence-corrected chi connectivity index (χ0v) is 15.5. The second-order valence-corrected chi connectivity index (χ2v) is 8.18. The minimum atomic E-state index is -3.54. The van der Waals surface area contributed by atoms with E-state index < -0.39 is 22.0 Å². The number of aryl methyl sites for hydroxylation is 1. The molecule has 1 aliphatic rings. The lowest BCUT2D eigenvalue weighted by molar-refractivity contribution is -0.145. The molecule has 1 N–H and O–H groups in total. The highest BCUT2D eigenvalue weighted by Crippen LogP contribution is 2.24. The Balaban J connectivity index is 1.96. The van der Waals surface area contributed by atoms with Gasteiger partial charge in [-0.3, -0.25) is 4.79 Å². The quantitative estimate of drug-likeness (QED) is 0.785. The summed E-state index contributed by atoms with van der Waals surface area (Å²) in [6.07, 6.45) is 0.843. The number of nitrogens with zero attached hydrogens (tertiary/aromatic N) is 1. The van der Waals surface area contributed by atoms with E-state index >= 15 is 0 Å². The first kappa shape index (κ1) is 19.4. The van der Waals surface area contributed by atoms with Gasteiger partial charge in [-0.15, -0.1) is 0 Å². The molecule has 0 aromatic heterocycles. The van der Waals surface area contributed by atoms with Crippen molar-refractivity contribution in [3.63, 3.8) is 0 Å². The number of methoxy groups -OCH3 is 1. The molecule has 138 valence electrons. The summed E-state index contributed by atoms with van der Waals surface area (Å²) in [5.74, 6) is -1.06. The van der Waals surface area contributed by atoms with Crippen LogP contribution in [-0.2, 0) is 24.3 Å². The Morgan fingerprint density at radius 1 is 1.20 bits per heavy atom. The lowest BCUT2D eigenvalue weighted by Crippen LogP contribution is -2.46. The molecule has 8 heteroatoms.